The Morgan fingerprint density at radius 1 is 1.06 bits per heavy atom. The average Bonchev–Trinajstić information content (AvgIpc) is 2.21. The lowest BCUT2D eigenvalue weighted by Crippen LogP contribution is -2.20. The van der Waals surface area contributed by atoms with Crippen LogP contribution in [0.4, 0.5) is 13.2 Å². The summed E-state index contributed by atoms with van der Waals surface area (Å²) in [6.07, 6.45) is 3.13. The van der Waals surface area contributed by atoms with Gasteiger partial charge in [0.15, 0.2) is 0 Å². The number of carbonyl (C=O) groups is 1. The second-order valence-corrected chi connectivity index (χ2v) is 4.37. The van der Waals surface area contributed by atoms with Gasteiger partial charge < -0.3 is 0 Å². The molecule has 0 fully saturated rings. The third kappa shape index (κ3) is 8.95. The van der Waals surface area contributed by atoms with E-state index in [1.165, 1.54) is 19.3 Å². The van der Waals surface area contributed by atoms with Crippen molar-refractivity contribution in [2.24, 2.45) is 0 Å². The summed E-state index contributed by atoms with van der Waals surface area (Å²) in [7, 11) is 0. The van der Waals surface area contributed by atoms with E-state index in [1.54, 1.807) is 6.92 Å². The summed E-state index contributed by atoms with van der Waals surface area (Å²) in [5, 5.41) is 0. The van der Waals surface area contributed by atoms with Crippen molar-refractivity contribution < 1.29 is 18.0 Å². The van der Waals surface area contributed by atoms with Gasteiger partial charge in [-0.15, -0.1) is 0 Å². The van der Waals surface area contributed by atoms with Crippen LogP contribution in [-0.4, -0.2) is 12.0 Å². The largest absolute Gasteiger partial charge is 0.454 e. The predicted molar refractivity (Wildman–Crippen MR) is 62.8 cm³/mol. The standard InChI is InChI=1S/C13H21F3O/c1-3-4-5-6-7-8-9-11(2)10-12(17)13(14,15)16/h10H,3-9H2,1-2H3/b11-10-. The molecular formula is C13H21F3O. The molecule has 0 saturated heterocycles. The summed E-state index contributed by atoms with van der Waals surface area (Å²) in [6.45, 7) is 3.71. The molecule has 1 nitrogen and oxygen atoms in total. The van der Waals surface area contributed by atoms with Gasteiger partial charge in [-0.25, -0.2) is 0 Å². The maximum Gasteiger partial charge on any atom is 0.454 e. The maximum absolute atomic E-state index is 11.9. The molecule has 0 bridgehead atoms. The quantitative estimate of drug-likeness (QED) is 0.446. The Balaban J connectivity index is 3.75. The van der Waals surface area contributed by atoms with Crippen LogP contribution < -0.4 is 0 Å². The number of allylic oxidation sites excluding steroid dienone is 2. The Kier molecular flexibility index (Phi) is 7.92. The van der Waals surface area contributed by atoms with Crippen molar-refractivity contribution >= 4 is 5.78 Å². The number of ketones is 1. The van der Waals surface area contributed by atoms with E-state index in [0.29, 0.717) is 18.1 Å². The fraction of sp³-hybridized carbons (Fsp3) is 0.769. The van der Waals surface area contributed by atoms with Crippen molar-refractivity contribution in [1.82, 2.24) is 0 Å². The van der Waals surface area contributed by atoms with Gasteiger partial charge in [-0.2, -0.15) is 13.2 Å². The van der Waals surface area contributed by atoms with E-state index < -0.39 is 12.0 Å². The first-order valence-corrected chi connectivity index (χ1v) is 6.16. The third-order valence-electron chi connectivity index (χ3n) is 2.58. The number of unbranched alkanes of at least 4 members (excludes halogenated alkanes) is 5. The van der Waals surface area contributed by atoms with Crippen molar-refractivity contribution in [3.63, 3.8) is 0 Å². The molecule has 0 atom stereocenters. The van der Waals surface area contributed by atoms with Crippen LogP contribution in [0, 0.1) is 0 Å². The number of rotatable bonds is 8. The third-order valence-corrected chi connectivity index (χ3v) is 2.58. The lowest BCUT2D eigenvalue weighted by molar-refractivity contribution is -0.165. The van der Waals surface area contributed by atoms with Crippen LogP contribution in [0.15, 0.2) is 11.6 Å². The molecule has 0 rings (SSSR count). The normalized spacial score (nSPS) is 12.9. The summed E-state index contributed by atoms with van der Waals surface area (Å²) < 4.78 is 35.8. The molecule has 0 unspecified atom stereocenters. The summed E-state index contributed by atoms with van der Waals surface area (Å²) in [6, 6.07) is 0. The van der Waals surface area contributed by atoms with Gasteiger partial charge in [-0.1, -0.05) is 44.6 Å². The van der Waals surface area contributed by atoms with Gasteiger partial charge in [0.1, 0.15) is 0 Å². The Bertz CT molecular complexity index is 254. The fourth-order valence-corrected chi connectivity index (χ4v) is 1.56. The van der Waals surface area contributed by atoms with Gasteiger partial charge in [-0.3, -0.25) is 4.79 Å². The molecule has 17 heavy (non-hydrogen) atoms. The molecule has 4 heteroatoms. The predicted octanol–water partition coefficient (Wildman–Crippen LogP) is 4.81. The maximum atomic E-state index is 11.9. The summed E-state index contributed by atoms with van der Waals surface area (Å²) >= 11 is 0. The van der Waals surface area contributed by atoms with Crippen molar-refractivity contribution in [1.29, 1.82) is 0 Å². The van der Waals surface area contributed by atoms with Crippen molar-refractivity contribution in [3.05, 3.63) is 11.6 Å². The van der Waals surface area contributed by atoms with Crippen molar-refractivity contribution in [3.8, 4) is 0 Å². The lowest BCUT2D eigenvalue weighted by atomic mass is 10.1. The SMILES string of the molecule is CCCCCCCC/C(C)=C\C(=O)C(F)(F)F. The zero-order valence-electron chi connectivity index (χ0n) is 10.6. The van der Waals surface area contributed by atoms with Gasteiger partial charge in [0.05, 0.1) is 0 Å². The fourth-order valence-electron chi connectivity index (χ4n) is 1.56. The molecule has 0 N–H and O–H groups in total. The highest BCUT2D eigenvalue weighted by Crippen LogP contribution is 2.19. The van der Waals surface area contributed by atoms with Crippen LogP contribution in [0.1, 0.15) is 58.8 Å². The molecule has 0 saturated carbocycles. The minimum Gasteiger partial charge on any atom is -0.285 e. The van der Waals surface area contributed by atoms with E-state index >= 15 is 0 Å². The second-order valence-electron chi connectivity index (χ2n) is 4.37. The minimum absolute atomic E-state index is 0.516. The van der Waals surface area contributed by atoms with Crippen molar-refractivity contribution in [2.45, 2.75) is 65.0 Å². The molecular weight excluding hydrogens is 229 g/mol. The number of alkyl halides is 3. The highest BCUT2D eigenvalue weighted by Gasteiger charge is 2.36. The molecule has 0 radical (unpaired) electrons. The Morgan fingerprint density at radius 3 is 2.12 bits per heavy atom. The second kappa shape index (κ2) is 8.31. The molecule has 0 aliphatic carbocycles. The molecule has 0 aliphatic rings. The monoisotopic (exact) mass is 250 g/mol. The van der Waals surface area contributed by atoms with Gasteiger partial charge in [0.2, 0.25) is 0 Å². The molecule has 0 heterocycles. The molecule has 100 valence electrons. The molecule has 0 aromatic rings. The first kappa shape index (κ1) is 16.2. The van der Waals surface area contributed by atoms with Crippen molar-refractivity contribution in [2.75, 3.05) is 0 Å². The van der Waals surface area contributed by atoms with Crippen LogP contribution in [0.25, 0.3) is 0 Å². The minimum atomic E-state index is -4.73. The Labute approximate surface area is 101 Å². The van der Waals surface area contributed by atoms with Crippen LogP contribution in [-0.2, 0) is 4.79 Å². The highest BCUT2D eigenvalue weighted by atomic mass is 19.4. The first-order chi connectivity index (χ1) is 7.88. The van der Waals surface area contributed by atoms with Crippen LogP contribution in [0.2, 0.25) is 0 Å². The molecule has 0 aromatic heterocycles. The van der Waals surface area contributed by atoms with Crippen LogP contribution >= 0.6 is 0 Å². The lowest BCUT2D eigenvalue weighted by Gasteiger charge is -2.04. The van der Waals surface area contributed by atoms with Gasteiger partial charge in [-0.05, 0) is 25.8 Å². The summed E-state index contributed by atoms with van der Waals surface area (Å²) in [5.74, 6) is -1.75. The smallest absolute Gasteiger partial charge is 0.285 e. The van der Waals surface area contributed by atoms with E-state index in [4.69, 9.17) is 0 Å². The number of carbonyl (C=O) groups excluding carboxylic acids is 1. The van der Waals surface area contributed by atoms with Gasteiger partial charge in [0.25, 0.3) is 5.78 Å². The zero-order valence-corrected chi connectivity index (χ0v) is 10.6. The van der Waals surface area contributed by atoms with E-state index in [0.717, 1.165) is 19.3 Å². The molecule has 0 aromatic carbocycles. The first-order valence-electron chi connectivity index (χ1n) is 6.16. The summed E-state index contributed by atoms with van der Waals surface area (Å²) in [5.41, 5.74) is 0.516. The number of hydrogen-bond acceptors (Lipinski definition) is 1. The van der Waals surface area contributed by atoms with E-state index in [-0.39, 0.29) is 0 Å². The van der Waals surface area contributed by atoms with E-state index in [1.807, 2.05) is 0 Å². The number of halogens is 3. The molecule has 0 spiro atoms. The van der Waals surface area contributed by atoms with E-state index in [2.05, 4.69) is 6.92 Å². The van der Waals surface area contributed by atoms with Crippen LogP contribution in [0.5, 0.6) is 0 Å². The van der Waals surface area contributed by atoms with Gasteiger partial charge in [0, 0.05) is 0 Å². The topological polar surface area (TPSA) is 17.1 Å². The summed E-state index contributed by atoms with van der Waals surface area (Å²) in [4.78, 5) is 10.6. The Morgan fingerprint density at radius 2 is 1.59 bits per heavy atom. The molecule has 0 amide bonds. The Hall–Kier alpha value is -0.800. The molecule has 0 aliphatic heterocycles. The van der Waals surface area contributed by atoms with Gasteiger partial charge >= 0.3 is 6.18 Å². The van der Waals surface area contributed by atoms with E-state index in [9.17, 15) is 18.0 Å². The van der Waals surface area contributed by atoms with Crippen LogP contribution in [0.3, 0.4) is 0 Å². The highest BCUT2D eigenvalue weighted by molar-refractivity contribution is 5.94. The number of hydrogen-bond donors (Lipinski definition) is 0. The zero-order chi connectivity index (χ0) is 13.3. The average molecular weight is 250 g/mol.